The van der Waals surface area contributed by atoms with Gasteiger partial charge in [0.05, 0.1) is 30.0 Å². The van der Waals surface area contributed by atoms with Crippen LogP contribution in [0.15, 0.2) is 36.4 Å². The van der Waals surface area contributed by atoms with Gasteiger partial charge in [0, 0.05) is 12.0 Å². The number of benzene rings is 1. The van der Waals surface area contributed by atoms with Crippen LogP contribution in [0.25, 0.3) is 0 Å². The van der Waals surface area contributed by atoms with Gasteiger partial charge in [-0.1, -0.05) is 29.8 Å². The van der Waals surface area contributed by atoms with Crippen molar-refractivity contribution in [2.45, 2.75) is 19.1 Å². The third kappa shape index (κ3) is 3.55. The summed E-state index contributed by atoms with van der Waals surface area (Å²) in [6.07, 6.45) is 0.658. The maximum Gasteiger partial charge on any atom is 0.320 e. The molecule has 0 spiro atoms. The zero-order valence-corrected chi connectivity index (χ0v) is 13.0. The summed E-state index contributed by atoms with van der Waals surface area (Å²) >= 11 is 6.12. The number of ether oxygens (including phenoxy) is 1. The third-order valence-corrected chi connectivity index (χ3v) is 3.84. The van der Waals surface area contributed by atoms with Gasteiger partial charge < -0.3 is 15.2 Å². The molecule has 1 aliphatic rings. The largest absolute Gasteiger partial charge is 0.492 e. The molecule has 2 aromatic rings. The van der Waals surface area contributed by atoms with Crippen LogP contribution in [0.4, 0.5) is 10.6 Å². The lowest BCUT2D eigenvalue weighted by atomic mass is 10.0. The summed E-state index contributed by atoms with van der Waals surface area (Å²) in [6, 6.07) is 9.98. The standard InChI is InChI=1S/C16H16ClN3O3/c17-12-5-2-4-11-13(7-8-23-15(11)12)19-16(22)20-14-6-1-3-10(9-21)18-14/h1-6,13,21H,7-9H2,(H2,18,19,20,22)/t13-/m0/s1. The van der Waals surface area contributed by atoms with Crippen LogP contribution in [0.3, 0.4) is 0 Å². The van der Waals surface area contributed by atoms with Crippen molar-refractivity contribution in [3.05, 3.63) is 52.7 Å². The Morgan fingerprint density at radius 1 is 1.35 bits per heavy atom. The fraction of sp³-hybridized carbons (Fsp3) is 0.250. The number of amides is 2. The van der Waals surface area contributed by atoms with Crippen LogP contribution in [-0.2, 0) is 6.61 Å². The Bertz CT molecular complexity index is 723. The molecule has 2 heterocycles. The Morgan fingerprint density at radius 3 is 3.00 bits per heavy atom. The van der Waals surface area contributed by atoms with Crippen molar-refractivity contribution < 1.29 is 14.6 Å². The van der Waals surface area contributed by atoms with Gasteiger partial charge in [0.15, 0.2) is 0 Å². The van der Waals surface area contributed by atoms with Gasteiger partial charge >= 0.3 is 6.03 Å². The van der Waals surface area contributed by atoms with Gasteiger partial charge in [-0.05, 0) is 18.2 Å². The van der Waals surface area contributed by atoms with Gasteiger partial charge in [-0.2, -0.15) is 0 Å². The summed E-state index contributed by atoms with van der Waals surface area (Å²) in [5.74, 6) is 0.999. The van der Waals surface area contributed by atoms with Crippen molar-refractivity contribution in [2.24, 2.45) is 0 Å². The normalized spacial score (nSPS) is 16.2. The molecule has 3 N–H and O–H groups in total. The number of hydrogen-bond donors (Lipinski definition) is 3. The molecule has 0 saturated heterocycles. The lowest BCUT2D eigenvalue weighted by molar-refractivity contribution is 0.232. The maximum absolute atomic E-state index is 12.2. The maximum atomic E-state index is 12.2. The Morgan fingerprint density at radius 2 is 2.17 bits per heavy atom. The van der Waals surface area contributed by atoms with Crippen molar-refractivity contribution in [1.29, 1.82) is 0 Å². The highest BCUT2D eigenvalue weighted by Crippen LogP contribution is 2.37. The predicted molar refractivity (Wildman–Crippen MR) is 86.6 cm³/mol. The Kier molecular flexibility index (Phi) is 4.64. The zero-order valence-electron chi connectivity index (χ0n) is 12.3. The number of halogens is 1. The number of para-hydroxylation sites is 1. The van der Waals surface area contributed by atoms with Crippen LogP contribution in [0.1, 0.15) is 23.7 Å². The van der Waals surface area contributed by atoms with E-state index >= 15 is 0 Å². The molecule has 1 aromatic carbocycles. The van der Waals surface area contributed by atoms with Crippen molar-refractivity contribution >= 4 is 23.4 Å². The van der Waals surface area contributed by atoms with Crippen LogP contribution in [0, 0.1) is 0 Å². The number of carbonyl (C=O) groups excluding carboxylic acids is 1. The van der Waals surface area contributed by atoms with Gasteiger partial charge in [0.1, 0.15) is 11.6 Å². The third-order valence-electron chi connectivity index (χ3n) is 3.54. The zero-order chi connectivity index (χ0) is 16.2. The van der Waals surface area contributed by atoms with Crippen molar-refractivity contribution in [3.63, 3.8) is 0 Å². The van der Waals surface area contributed by atoms with E-state index in [0.717, 1.165) is 5.56 Å². The van der Waals surface area contributed by atoms with Crippen molar-refractivity contribution in [2.75, 3.05) is 11.9 Å². The molecular formula is C16H16ClN3O3. The number of pyridine rings is 1. The second-order valence-corrected chi connectivity index (χ2v) is 5.53. The summed E-state index contributed by atoms with van der Waals surface area (Å²) < 4.78 is 5.57. The summed E-state index contributed by atoms with van der Waals surface area (Å²) in [7, 11) is 0. The molecule has 7 heteroatoms. The van der Waals surface area contributed by atoms with E-state index in [9.17, 15) is 4.79 Å². The molecule has 0 radical (unpaired) electrons. The first kappa shape index (κ1) is 15.6. The Balaban J connectivity index is 1.70. The van der Waals surface area contributed by atoms with Gasteiger partial charge in [0.25, 0.3) is 0 Å². The minimum atomic E-state index is -0.370. The monoisotopic (exact) mass is 333 g/mol. The average Bonchev–Trinajstić information content (AvgIpc) is 2.56. The first-order valence-electron chi connectivity index (χ1n) is 7.23. The van der Waals surface area contributed by atoms with Gasteiger partial charge in [-0.15, -0.1) is 0 Å². The number of nitrogens with one attached hydrogen (secondary N) is 2. The molecule has 6 nitrogen and oxygen atoms in total. The summed E-state index contributed by atoms with van der Waals surface area (Å²) in [6.45, 7) is 0.308. The number of rotatable bonds is 3. The number of carbonyl (C=O) groups is 1. The van der Waals surface area contributed by atoms with Gasteiger partial charge in [-0.25, -0.2) is 9.78 Å². The van der Waals surface area contributed by atoms with Gasteiger partial charge in [-0.3, -0.25) is 5.32 Å². The van der Waals surface area contributed by atoms with Crippen LogP contribution >= 0.6 is 11.6 Å². The molecule has 0 fully saturated rings. The molecule has 120 valence electrons. The van der Waals surface area contributed by atoms with E-state index in [2.05, 4.69) is 15.6 Å². The predicted octanol–water partition coefficient (Wildman–Crippen LogP) is 2.87. The van der Waals surface area contributed by atoms with E-state index in [0.29, 0.717) is 35.3 Å². The fourth-order valence-corrected chi connectivity index (χ4v) is 2.72. The van der Waals surface area contributed by atoms with E-state index in [1.807, 2.05) is 12.1 Å². The van der Waals surface area contributed by atoms with E-state index in [-0.39, 0.29) is 18.7 Å². The lowest BCUT2D eigenvalue weighted by Gasteiger charge is -2.27. The summed E-state index contributed by atoms with van der Waals surface area (Å²) in [5.41, 5.74) is 1.35. The summed E-state index contributed by atoms with van der Waals surface area (Å²) in [4.78, 5) is 16.3. The quantitative estimate of drug-likeness (QED) is 0.806. The molecule has 0 saturated carbocycles. The molecule has 0 unspecified atom stereocenters. The van der Waals surface area contributed by atoms with Gasteiger partial charge in [0.2, 0.25) is 0 Å². The molecule has 23 heavy (non-hydrogen) atoms. The molecule has 3 rings (SSSR count). The van der Waals surface area contributed by atoms with E-state index in [1.54, 1.807) is 24.3 Å². The first-order chi connectivity index (χ1) is 11.2. The molecular weight excluding hydrogens is 318 g/mol. The average molecular weight is 334 g/mol. The van der Waals surface area contributed by atoms with E-state index in [1.165, 1.54) is 0 Å². The number of aliphatic hydroxyl groups excluding tert-OH is 1. The first-order valence-corrected chi connectivity index (χ1v) is 7.60. The smallest absolute Gasteiger partial charge is 0.320 e. The molecule has 1 aromatic heterocycles. The highest BCUT2D eigenvalue weighted by Gasteiger charge is 2.24. The molecule has 1 aliphatic heterocycles. The molecule has 2 amide bonds. The SMILES string of the molecule is O=C(Nc1cccc(CO)n1)N[C@H]1CCOc2c(Cl)cccc21. The number of aliphatic hydroxyl groups is 1. The van der Waals surface area contributed by atoms with Crippen LogP contribution in [0.5, 0.6) is 5.75 Å². The number of anilines is 1. The molecule has 1 atom stereocenters. The van der Waals surface area contributed by atoms with Crippen LogP contribution in [-0.4, -0.2) is 22.7 Å². The summed E-state index contributed by atoms with van der Waals surface area (Å²) in [5, 5.41) is 15.2. The van der Waals surface area contributed by atoms with E-state index < -0.39 is 0 Å². The van der Waals surface area contributed by atoms with Crippen molar-refractivity contribution in [3.8, 4) is 5.75 Å². The van der Waals surface area contributed by atoms with E-state index in [4.69, 9.17) is 21.4 Å². The minimum Gasteiger partial charge on any atom is -0.492 e. The fourth-order valence-electron chi connectivity index (χ4n) is 2.48. The highest BCUT2D eigenvalue weighted by atomic mass is 35.5. The molecule has 0 bridgehead atoms. The van der Waals surface area contributed by atoms with Crippen molar-refractivity contribution in [1.82, 2.24) is 10.3 Å². The number of aromatic nitrogens is 1. The Labute approximate surface area is 138 Å². The Hall–Kier alpha value is -2.31. The number of hydrogen-bond acceptors (Lipinski definition) is 4. The number of urea groups is 1. The second-order valence-electron chi connectivity index (χ2n) is 5.12. The highest BCUT2D eigenvalue weighted by molar-refractivity contribution is 6.32. The molecule has 0 aliphatic carbocycles. The topological polar surface area (TPSA) is 83.5 Å². The second kappa shape index (κ2) is 6.85. The lowest BCUT2D eigenvalue weighted by Crippen LogP contribution is -2.35. The van der Waals surface area contributed by atoms with Crippen LogP contribution in [0.2, 0.25) is 5.02 Å². The van der Waals surface area contributed by atoms with Crippen LogP contribution < -0.4 is 15.4 Å². The number of nitrogens with zero attached hydrogens (tertiary/aromatic N) is 1. The number of fused-ring (bicyclic) bond motifs is 1. The minimum absolute atomic E-state index is 0.178.